The molecule has 1 aliphatic carbocycles. The number of nitrogens with one attached hydrogen (secondary N) is 1. The summed E-state index contributed by atoms with van der Waals surface area (Å²) in [6, 6.07) is 48.7. The van der Waals surface area contributed by atoms with Crippen molar-refractivity contribution in [3.05, 3.63) is 145 Å². The number of hydrogen-bond acceptors (Lipinski definition) is 2. The van der Waals surface area contributed by atoms with Crippen molar-refractivity contribution in [2.75, 3.05) is 5.32 Å². The molecule has 0 saturated heterocycles. The van der Waals surface area contributed by atoms with Crippen molar-refractivity contribution in [1.29, 1.82) is 0 Å². The van der Waals surface area contributed by atoms with Crippen LogP contribution in [0.5, 0.6) is 0 Å². The van der Waals surface area contributed by atoms with Crippen LogP contribution < -0.4 is 5.32 Å². The highest BCUT2D eigenvalue weighted by atomic mass is 32.1. The molecule has 1 N–H and O–H groups in total. The van der Waals surface area contributed by atoms with Crippen LogP contribution in [0.15, 0.2) is 133 Å². The third-order valence-corrected chi connectivity index (χ3v) is 9.81. The minimum atomic E-state index is -0.0268. The summed E-state index contributed by atoms with van der Waals surface area (Å²) >= 11 is 1.87. The first-order valence-electron chi connectivity index (χ1n) is 14.2. The van der Waals surface area contributed by atoms with Crippen LogP contribution in [0.1, 0.15) is 25.0 Å². The van der Waals surface area contributed by atoms with E-state index in [0.29, 0.717) is 0 Å². The van der Waals surface area contributed by atoms with Gasteiger partial charge in [0.1, 0.15) is 0 Å². The van der Waals surface area contributed by atoms with Gasteiger partial charge in [-0.1, -0.05) is 111 Å². The van der Waals surface area contributed by atoms with Crippen molar-refractivity contribution in [3.8, 4) is 33.4 Å². The van der Waals surface area contributed by atoms with Gasteiger partial charge in [-0.2, -0.15) is 0 Å². The molecule has 8 rings (SSSR count). The smallest absolute Gasteiger partial charge is 0.0464 e. The van der Waals surface area contributed by atoms with Crippen molar-refractivity contribution < 1.29 is 0 Å². The number of fused-ring (bicyclic) bond motifs is 6. The normalized spacial score (nSPS) is 13.3. The number of hydrogen-bond donors (Lipinski definition) is 1. The Bertz CT molecular complexity index is 2100. The first kappa shape index (κ1) is 24.2. The molecule has 2 heteroatoms. The van der Waals surface area contributed by atoms with Crippen LogP contribution in [0.4, 0.5) is 11.4 Å². The summed E-state index contributed by atoms with van der Waals surface area (Å²) in [6.07, 6.45) is 0. The maximum atomic E-state index is 3.79. The lowest BCUT2D eigenvalue weighted by molar-refractivity contribution is 0.660. The van der Waals surface area contributed by atoms with Crippen LogP contribution in [0.3, 0.4) is 0 Å². The summed E-state index contributed by atoms with van der Waals surface area (Å²) in [7, 11) is 0. The largest absolute Gasteiger partial charge is 0.355 e. The average Bonchev–Trinajstić information content (AvgIpc) is 3.49. The van der Waals surface area contributed by atoms with Crippen molar-refractivity contribution in [2.24, 2.45) is 0 Å². The molecule has 6 aromatic carbocycles. The Morgan fingerprint density at radius 2 is 1.20 bits per heavy atom. The number of anilines is 2. The Labute approximate surface area is 244 Å². The molecule has 0 saturated carbocycles. The molecule has 1 aliphatic rings. The van der Waals surface area contributed by atoms with E-state index < -0.39 is 0 Å². The van der Waals surface area contributed by atoms with Gasteiger partial charge in [0.25, 0.3) is 0 Å². The summed E-state index contributed by atoms with van der Waals surface area (Å²) in [5.41, 5.74) is 12.5. The van der Waals surface area contributed by atoms with Gasteiger partial charge in [0.15, 0.2) is 0 Å². The van der Waals surface area contributed by atoms with Crippen LogP contribution in [0, 0.1) is 0 Å². The van der Waals surface area contributed by atoms with Gasteiger partial charge in [0.05, 0.1) is 0 Å². The number of thiophene rings is 1. The summed E-state index contributed by atoms with van der Waals surface area (Å²) < 4.78 is 2.67. The Morgan fingerprint density at radius 1 is 0.488 bits per heavy atom. The molecule has 1 nitrogen and oxygen atoms in total. The molecule has 0 bridgehead atoms. The second-order valence-corrected chi connectivity index (χ2v) is 12.6. The maximum Gasteiger partial charge on any atom is 0.0464 e. The molecule has 0 aliphatic heterocycles. The van der Waals surface area contributed by atoms with Crippen LogP contribution >= 0.6 is 11.3 Å². The first-order chi connectivity index (χ1) is 20.1. The molecule has 196 valence electrons. The van der Waals surface area contributed by atoms with Crippen LogP contribution in [-0.2, 0) is 5.41 Å². The summed E-state index contributed by atoms with van der Waals surface area (Å²) in [5.74, 6) is 0. The first-order valence-corrected chi connectivity index (χ1v) is 15.0. The molecular formula is C39H29NS. The van der Waals surface area contributed by atoms with Gasteiger partial charge in [-0.25, -0.2) is 0 Å². The molecule has 0 atom stereocenters. The van der Waals surface area contributed by atoms with E-state index in [-0.39, 0.29) is 5.41 Å². The standard InChI is InChI=1S/C39H29NS/c1-39(2)34-14-8-6-12-29(34)30-20-18-28(24-35(30)39)40-36-21-17-26(22-33(36)25-10-4-3-5-11-25)27-16-19-32-31-13-7-9-15-37(31)41-38(32)23-27/h3-24,40H,1-2H3. The third-order valence-electron chi connectivity index (χ3n) is 8.68. The second kappa shape index (κ2) is 9.19. The van der Waals surface area contributed by atoms with E-state index in [1.54, 1.807) is 0 Å². The van der Waals surface area contributed by atoms with E-state index in [0.717, 1.165) is 11.4 Å². The molecule has 7 aromatic rings. The monoisotopic (exact) mass is 543 g/mol. The molecule has 0 fully saturated rings. The summed E-state index contributed by atoms with van der Waals surface area (Å²) in [5, 5.41) is 6.46. The lowest BCUT2D eigenvalue weighted by Gasteiger charge is -2.22. The predicted octanol–water partition coefficient (Wildman–Crippen LogP) is 11.4. The molecule has 41 heavy (non-hydrogen) atoms. The lowest BCUT2D eigenvalue weighted by atomic mass is 9.82. The molecule has 0 unspecified atom stereocenters. The van der Waals surface area contributed by atoms with Gasteiger partial charge in [0.2, 0.25) is 0 Å². The molecule has 0 radical (unpaired) electrons. The molecule has 0 spiro atoms. The molecule has 0 amide bonds. The minimum absolute atomic E-state index is 0.0268. The zero-order chi connectivity index (χ0) is 27.6. The van der Waals surface area contributed by atoms with Gasteiger partial charge in [-0.15, -0.1) is 11.3 Å². The Kier molecular flexibility index (Phi) is 5.42. The topological polar surface area (TPSA) is 12.0 Å². The highest BCUT2D eigenvalue weighted by molar-refractivity contribution is 7.25. The average molecular weight is 544 g/mol. The van der Waals surface area contributed by atoms with E-state index in [2.05, 4.69) is 153 Å². The van der Waals surface area contributed by atoms with Crippen molar-refractivity contribution in [2.45, 2.75) is 19.3 Å². The fourth-order valence-corrected chi connectivity index (χ4v) is 7.68. The summed E-state index contributed by atoms with van der Waals surface area (Å²) in [6.45, 7) is 4.66. The third kappa shape index (κ3) is 3.90. The minimum Gasteiger partial charge on any atom is -0.355 e. The Hall–Kier alpha value is -4.66. The molecule has 1 aromatic heterocycles. The number of benzene rings is 6. The van der Waals surface area contributed by atoms with Crippen LogP contribution in [0.25, 0.3) is 53.6 Å². The predicted molar refractivity (Wildman–Crippen MR) is 177 cm³/mol. The number of rotatable bonds is 4. The molecular weight excluding hydrogens is 515 g/mol. The van der Waals surface area contributed by atoms with Crippen molar-refractivity contribution in [3.63, 3.8) is 0 Å². The Morgan fingerprint density at radius 3 is 2.10 bits per heavy atom. The van der Waals surface area contributed by atoms with Crippen LogP contribution in [-0.4, -0.2) is 0 Å². The van der Waals surface area contributed by atoms with E-state index >= 15 is 0 Å². The quantitative estimate of drug-likeness (QED) is 0.233. The second-order valence-electron chi connectivity index (χ2n) is 11.5. The van der Waals surface area contributed by atoms with Gasteiger partial charge >= 0.3 is 0 Å². The Balaban J connectivity index is 1.21. The van der Waals surface area contributed by atoms with Gasteiger partial charge in [0, 0.05) is 42.5 Å². The van der Waals surface area contributed by atoms with Crippen LogP contribution in [0.2, 0.25) is 0 Å². The highest BCUT2D eigenvalue weighted by Crippen LogP contribution is 2.49. The van der Waals surface area contributed by atoms with E-state index in [1.807, 2.05) is 11.3 Å². The zero-order valence-corrected chi connectivity index (χ0v) is 23.9. The summed E-state index contributed by atoms with van der Waals surface area (Å²) in [4.78, 5) is 0. The fraction of sp³-hybridized carbons (Fsp3) is 0.0769. The fourth-order valence-electron chi connectivity index (χ4n) is 6.53. The molecule has 1 heterocycles. The SMILES string of the molecule is CC1(C)c2ccccc2-c2ccc(Nc3ccc(-c4ccc5c(c4)sc4ccccc45)cc3-c3ccccc3)cc21. The highest BCUT2D eigenvalue weighted by Gasteiger charge is 2.35. The van der Waals surface area contributed by atoms with Gasteiger partial charge in [-0.3, -0.25) is 0 Å². The van der Waals surface area contributed by atoms with Gasteiger partial charge < -0.3 is 5.32 Å². The van der Waals surface area contributed by atoms with Crippen molar-refractivity contribution in [1.82, 2.24) is 0 Å². The zero-order valence-electron chi connectivity index (χ0n) is 23.1. The van der Waals surface area contributed by atoms with E-state index in [4.69, 9.17) is 0 Å². The van der Waals surface area contributed by atoms with E-state index in [9.17, 15) is 0 Å². The van der Waals surface area contributed by atoms with Gasteiger partial charge in [-0.05, 0) is 75.3 Å². The maximum absolute atomic E-state index is 3.79. The lowest BCUT2D eigenvalue weighted by Crippen LogP contribution is -2.15. The van der Waals surface area contributed by atoms with Crippen molar-refractivity contribution >= 4 is 42.9 Å². The van der Waals surface area contributed by atoms with E-state index in [1.165, 1.54) is 64.7 Å².